The molecule has 0 saturated carbocycles. The molecule has 23 heavy (non-hydrogen) atoms. The number of ether oxygens (including phenoxy) is 1. The summed E-state index contributed by atoms with van der Waals surface area (Å²) in [5.41, 5.74) is 5.14. The van der Waals surface area contributed by atoms with Crippen LogP contribution in [-0.2, 0) is 0 Å². The highest BCUT2D eigenvalue weighted by Crippen LogP contribution is 2.37. The zero-order valence-electron chi connectivity index (χ0n) is 11.3. The highest BCUT2D eigenvalue weighted by Gasteiger charge is 2.22. The Morgan fingerprint density at radius 1 is 1.26 bits per heavy atom. The number of hydrogen-bond donors (Lipinski definition) is 1. The van der Waals surface area contributed by atoms with Gasteiger partial charge in [-0.2, -0.15) is 8.78 Å². The molecule has 7 nitrogen and oxygen atoms in total. The van der Waals surface area contributed by atoms with Crippen molar-refractivity contribution in [1.29, 1.82) is 0 Å². The van der Waals surface area contributed by atoms with E-state index in [-0.39, 0.29) is 33.2 Å². The second kappa shape index (κ2) is 5.20. The number of furan rings is 1. The predicted octanol–water partition coefficient (Wildman–Crippen LogP) is 3.19. The molecule has 2 aromatic carbocycles. The van der Waals surface area contributed by atoms with Crippen molar-refractivity contribution in [2.75, 3.05) is 0 Å². The van der Waals surface area contributed by atoms with E-state index in [2.05, 4.69) is 4.74 Å². The highest BCUT2D eigenvalue weighted by molar-refractivity contribution is 6.17. The normalized spacial score (nSPS) is 11.3. The van der Waals surface area contributed by atoms with E-state index in [1.807, 2.05) is 0 Å². The molecule has 2 N–H and O–H groups in total. The fourth-order valence-electron chi connectivity index (χ4n) is 2.39. The molecule has 3 aromatic rings. The zero-order chi connectivity index (χ0) is 16.7. The van der Waals surface area contributed by atoms with Gasteiger partial charge in [0, 0.05) is 22.9 Å². The number of carbonyl (C=O) groups is 1. The minimum absolute atomic E-state index is 0.0920. The van der Waals surface area contributed by atoms with Gasteiger partial charge < -0.3 is 14.9 Å². The number of halogens is 2. The molecule has 1 amide bonds. The van der Waals surface area contributed by atoms with E-state index >= 15 is 0 Å². The molecule has 0 aliphatic carbocycles. The maximum absolute atomic E-state index is 12.5. The number of benzene rings is 2. The van der Waals surface area contributed by atoms with Crippen LogP contribution in [0.15, 0.2) is 34.7 Å². The summed E-state index contributed by atoms with van der Waals surface area (Å²) in [4.78, 5) is 22.0. The summed E-state index contributed by atoms with van der Waals surface area (Å²) in [5.74, 6) is -1.44. The van der Waals surface area contributed by atoms with Gasteiger partial charge in [-0.3, -0.25) is 14.9 Å². The van der Waals surface area contributed by atoms with E-state index in [1.165, 1.54) is 24.3 Å². The van der Waals surface area contributed by atoms with Gasteiger partial charge in [-0.25, -0.2) is 0 Å². The second-order valence-electron chi connectivity index (χ2n) is 4.59. The molecule has 0 spiro atoms. The van der Waals surface area contributed by atoms with Crippen molar-refractivity contribution in [2.24, 2.45) is 5.73 Å². The molecule has 0 atom stereocenters. The Hall–Kier alpha value is -3.23. The summed E-state index contributed by atoms with van der Waals surface area (Å²) >= 11 is 0. The number of hydrogen-bond acceptors (Lipinski definition) is 5. The van der Waals surface area contributed by atoms with Crippen LogP contribution in [0.25, 0.3) is 21.9 Å². The van der Waals surface area contributed by atoms with Gasteiger partial charge in [0.25, 0.3) is 11.6 Å². The van der Waals surface area contributed by atoms with Gasteiger partial charge in [-0.15, -0.1) is 0 Å². The molecule has 118 valence electrons. The number of nitrogens with zero attached hydrogens (tertiary/aromatic N) is 1. The van der Waals surface area contributed by atoms with Gasteiger partial charge in [-0.1, -0.05) is 0 Å². The van der Waals surface area contributed by atoms with Gasteiger partial charge in [0.05, 0.1) is 10.5 Å². The van der Waals surface area contributed by atoms with Crippen molar-refractivity contribution in [2.45, 2.75) is 6.61 Å². The summed E-state index contributed by atoms with van der Waals surface area (Å²) in [6.07, 6.45) is 0. The Morgan fingerprint density at radius 3 is 2.57 bits per heavy atom. The molecular formula is C14H8F2N2O5. The van der Waals surface area contributed by atoms with Crippen LogP contribution in [0.2, 0.25) is 0 Å². The summed E-state index contributed by atoms with van der Waals surface area (Å²) in [7, 11) is 0. The first-order chi connectivity index (χ1) is 10.9. The standard InChI is InChI=1S/C14H8F2N2O5/c15-14(16)23-10-4-3-9-11(12(10)13(17)19)7-5-6(18(20)21)1-2-8(7)22-9/h1-5,14H,(H2,17,19). The number of primary amides is 1. The fraction of sp³-hybridized carbons (Fsp3) is 0.0714. The minimum Gasteiger partial charge on any atom is -0.456 e. The maximum atomic E-state index is 12.5. The van der Waals surface area contributed by atoms with Crippen LogP contribution >= 0.6 is 0 Å². The number of nitro benzene ring substituents is 1. The average Bonchev–Trinajstić information content (AvgIpc) is 2.83. The first-order valence-electron chi connectivity index (χ1n) is 6.26. The Balaban J connectivity index is 2.40. The Kier molecular flexibility index (Phi) is 3.32. The van der Waals surface area contributed by atoms with Crippen LogP contribution in [0.3, 0.4) is 0 Å². The quantitative estimate of drug-likeness (QED) is 0.586. The summed E-state index contributed by atoms with van der Waals surface area (Å²) < 4.78 is 34.7. The van der Waals surface area contributed by atoms with E-state index in [4.69, 9.17) is 10.2 Å². The fourth-order valence-corrected chi connectivity index (χ4v) is 2.39. The number of amides is 1. The number of carbonyl (C=O) groups excluding carboxylic acids is 1. The van der Waals surface area contributed by atoms with Crippen molar-refractivity contribution in [3.05, 3.63) is 46.0 Å². The van der Waals surface area contributed by atoms with Gasteiger partial charge in [0.1, 0.15) is 16.9 Å². The molecule has 0 aliphatic rings. The topological polar surface area (TPSA) is 109 Å². The van der Waals surface area contributed by atoms with Crippen molar-refractivity contribution in [1.82, 2.24) is 0 Å². The third-order valence-electron chi connectivity index (χ3n) is 3.25. The van der Waals surface area contributed by atoms with E-state index in [9.17, 15) is 23.7 Å². The molecule has 0 aliphatic heterocycles. The number of nitrogens with two attached hydrogens (primary N) is 1. The van der Waals surface area contributed by atoms with Crippen molar-refractivity contribution in [3.63, 3.8) is 0 Å². The third kappa shape index (κ3) is 2.41. The van der Waals surface area contributed by atoms with E-state index in [1.54, 1.807) is 0 Å². The lowest BCUT2D eigenvalue weighted by molar-refractivity contribution is -0.384. The first kappa shape index (κ1) is 14.7. The van der Waals surface area contributed by atoms with Gasteiger partial charge in [0.15, 0.2) is 0 Å². The van der Waals surface area contributed by atoms with E-state index in [0.717, 1.165) is 6.07 Å². The van der Waals surface area contributed by atoms with Crippen molar-refractivity contribution in [3.8, 4) is 5.75 Å². The number of alkyl halides is 2. The molecule has 0 saturated heterocycles. The smallest absolute Gasteiger partial charge is 0.387 e. The van der Waals surface area contributed by atoms with E-state index < -0.39 is 23.2 Å². The molecule has 1 aromatic heterocycles. The monoisotopic (exact) mass is 322 g/mol. The average molecular weight is 322 g/mol. The highest BCUT2D eigenvalue weighted by atomic mass is 19.3. The Labute approximate surface area is 126 Å². The molecule has 9 heteroatoms. The van der Waals surface area contributed by atoms with Crippen LogP contribution in [0, 0.1) is 10.1 Å². The lowest BCUT2D eigenvalue weighted by atomic mass is 10.0. The molecule has 0 bridgehead atoms. The van der Waals surface area contributed by atoms with Gasteiger partial charge in [0.2, 0.25) is 0 Å². The molecular weight excluding hydrogens is 314 g/mol. The summed E-state index contributed by atoms with van der Waals surface area (Å²) in [5, 5.41) is 11.2. The SMILES string of the molecule is NC(=O)c1c(OC(F)F)ccc2oc3ccc([N+](=O)[O-])cc3c12. The van der Waals surface area contributed by atoms with Crippen LogP contribution in [0.1, 0.15) is 10.4 Å². The van der Waals surface area contributed by atoms with Crippen LogP contribution in [-0.4, -0.2) is 17.4 Å². The molecule has 3 rings (SSSR count). The number of rotatable bonds is 4. The summed E-state index contributed by atoms with van der Waals surface area (Å²) in [6, 6.07) is 6.22. The Bertz CT molecular complexity index is 951. The lowest BCUT2D eigenvalue weighted by Gasteiger charge is -2.09. The van der Waals surface area contributed by atoms with Crippen molar-refractivity contribution < 1.29 is 27.7 Å². The van der Waals surface area contributed by atoms with Crippen molar-refractivity contribution >= 4 is 33.5 Å². The van der Waals surface area contributed by atoms with Gasteiger partial charge in [-0.05, 0) is 18.2 Å². The third-order valence-corrected chi connectivity index (χ3v) is 3.25. The minimum atomic E-state index is -3.15. The number of fused-ring (bicyclic) bond motifs is 3. The first-order valence-corrected chi connectivity index (χ1v) is 6.26. The predicted molar refractivity (Wildman–Crippen MR) is 75.5 cm³/mol. The largest absolute Gasteiger partial charge is 0.456 e. The lowest BCUT2D eigenvalue weighted by Crippen LogP contribution is -2.15. The maximum Gasteiger partial charge on any atom is 0.387 e. The molecule has 1 heterocycles. The summed E-state index contributed by atoms with van der Waals surface area (Å²) in [6.45, 7) is -3.15. The van der Waals surface area contributed by atoms with Crippen LogP contribution in [0.5, 0.6) is 5.75 Å². The van der Waals surface area contributed by atoms with Crippen LogP contribution < -0.4 is 10.5 Å². The van der Waals surface area contributed by atoms with Gasteiger partial charge >= 0.3 is 6.61 Å². The van der Waals surface area contributed by atoms with E-state index in [0.29, 0.717) is 0 Å². The number of nitro groups is 1. The zero-order valence-corrected chi connectivity index (χ0v) is 11.3. The Morgan fingerprint density at radius 2 is 1.96 bits per heavy atom. The number of non-ortho nitro benzene ring substituents is 1. The molecule has 0 fully saturated rings. The molecule has 0 radical (unpaired) electrons. The van der Waals surface area contributed by atoms with Crippen LogP contribution in [0.4, 0.5) is 14.5 Å². The molecule has 0 unspecified atom stereocenters. The second-order valence-corrected chi connectivity index (χ2v) is 4.59.